The molecule has 0 aliphatic rings. The van der Waals surface area contributed by atoms with Crippen LogP contribution in [-0.4, -0.2) is 0 Å². The first kappa shape index (κ1) is 30.8. The molecule has 1 aromatic heterocycles. The van der Waals surface area contributed by atoms with E-state index in [0.717, 1.165) is 44.2 Å². The van der Waals surface area contributed by atoms with Gasteiger partial charge in [0.1, 0.15) is 11.2 Å². The van der Waals surface area contributed by atoms with Crippen LogP contribution in [0.1, 0.15) is 0 Å². The van der Waals surface area contributed by atoms with Crippen LogP contribution in [0.5, 0.6) is 0 Å². The normalized spacial score (nSPS) is 12.2. The van der Waals surface area contributed by atoms with Gasteiger partial charge in [-0.1, -0.05) is 170 Å². The molecule has 13 aromatic rings. The van der Waals surface area contributed by atoms with E-state index in [1.165, 1.54) is 86.9 Å². The molecular weight excluding hydrogens is 689 g/mol. The van der Waals surface area contributed by atoms with E-state index < -0.39 is 0 Å². The predicted octanol–water partition coefficient (Wildman–Crippen LogP) is 16.0. The summed E-state index contributed by atoms with van der Waals surface area (Å²) >= 11 is 0. The molecular formula is C56H32O. The van der Waals surface area contributed by atoms with Crippen molar-refractivity contribution in [3.63, 3.8) is 0 Å². The molecule has 0 unspecified atom stereocenters. The van der Waals surface area contributed by atoms with Crippen LogP contribution in [0.15, 0.2) is 199 Å². The van der Waals surface area contributed by atoms with Crippen LogP contribution in [0.4, 0.5) is 0 Å². The standard InChI is InChI=1S/C56H32O/c1-3-9-33(10-4-1)47-29-41(43-25-21-39-19-17-35-13-7-15-37-23-27-45(43)53(39)51(35)37)31-49-50-32-42(30-48(56(50)57-55(47)49)34-11-5-2-6-12-34)44-26-22-40-20-18-36-14-8-16-38-24-28-46(44)54(40)52(36)38/h1-32H. The van der Waals surface area contributed by atoms with Crippen molar-refractivity contribution in [1.82, 2.24) is 0 Å². The maximum absolute atomic E-state index is 7.17. The molecule has 0 atom stereocenters. The first-order valence-corrected chi connectivity index (χ1v) is 19.7. The molecule has 262 valence electrons. The summed E-state index contributed by atoms with van der Waals surface area (Å²) in [6.07, 6.45) is 0. The number of hydrogen-bond acceptors (Lipinski definition) is 1. The molecule has 1 nitrogen and oxygen atoms in total. The first-order valence-electron chi connectivity index (χ1n) is 19.7. The van der Waals surface area contributed by atoms with Gasteiger partial charge in [0.2, 0.25) is 0 Å². The Morgan fingerprint density at radius 3 is 1.02 bits per heavy atom. The fourth-order valence-electron chi connectivity index (χ4n) is 9.93. The Labute approximate surface area is 328 Å². The summed E-state index contributed by atoms with van der Waals surface area (Å²) in [7, 11) is 0. The van der Waals surface area contributed by atoms with Gasteiger partial charge in [0.15, 0.2) is 0 Å². The highest BCUT2D eigenvalue weighted by atomic mass is 16.3. The van der Waals surface area contributed by atoms with Crippen molar-refractivity contribution < 1.29 is 4.42 Å². The Hall–Kier alpha value is -7.48. The maximum Gasteiger partial charge on any atom is 0.143 e. The lowest BCUT2D eigenvalue weighted by molar-refractivity contribution is 0.671. The molecule has 0 aliphatic heterocycles. The highest BCUT2D eigenvalue weighted by molar-refractivity contribution is 6.27. The molecule has 0 aliphatic carbocycles. The molecule has 0 radical (unpaired) electrons. The van der Waals surface area contributed by atoms with E-state index in [-0.39, 0.29) is 0 Å². The number of hydrogen-bond donors (Lipinski definition) is 0. The van der Waals surface area contributed by atoms with Crippen LogP contribution in [0.25, 0.3) is 131 Å². The zero-order chi connectivity index (χ0) is 37.2. The van der Waals surface area contributed by atoms with E-state index in [9.17, 15) is 0 Å². The van der Waals surface area contributed by atoms with Crippen molar-refractivity contribution in [2.24, 2.45) is 0 Å². The van der Waals surface area contributed by atoms with Gasteiger partial charge in [-0.2, -0.15) is 0 Å². The lowest BCUT2D eigenvalue weighted by atomic mass is 9.87. The van der Waals surface area contributed by atoms with Gasteiger partial charge in [0.25, 0.3) is 0 Å². The van der Waals surface area contributed by atoms with E-state index in [2.05, 4.69) is 194 Å². The summed E-state index contributed by atoms with van der Waals surface area (Å²) in [5.41, 5.74) is 11.1. The van der Waals surface area contributed by atoms with Crippen molar-refractivity contribution in [2.45, 2.75) is 0 Å². The van der Waals surface area contributed by atoms with Crippen LogP contribution >= 0.6 is 0 Å². The Kier molecular flexibility index (Phi) is 6.23. The Bertz CT molecular complexity index is 3440. The largest absolute Gasteiger partial charge is 0.455 e. The summed E-state index contributed by atoms with van der Waals surface area (Å²) in [5, 5.41) is 17.7. The number of benzene rings is 12. The Morgan fingerprint density at radius 1 is 0.228 bits per heavy atom. The minimum Gasteiger partial charge on any atom is -0.455 e. The second-order valence-corrected chi connectivity index (χ2v) is 15.6. The molecule has 0 fully saturated rings. The van der Waals surface area contributed by atoms with Crippen LogP contribution in [0.3, 0.4) is 0 Å². The summed E-state index contributed by atoms with van der Waals surface area (Å²) in [6, 6.07) is 71.6. The second-order valence-electron chi connectivity index (χ2n) is 15.6. The third-order valence-corrected chi connectivity index (χ3v) is 12.5. The summed E-state index contributed by atoms with van der Waals surface area (Å²) in [5.74, 6) is 0. The Balaban J connectivity index is 1.15. The lowest BCUT2D eigenvalue weighted by Gasteiger charge is -2.15. The number of rotatable bonds is 4. The SMILES string of the molecule is c1ccc(-c2cc(-c3ccc4ccc5cccc6ccc3c4c56)cc3c2oc2c(-c4ccccc4)cc(-c4ccc5ccc6cccc7ccc4c5c67)cc23)cc1. The zero-order valence-electron chi connectivity index (χ0n) is 30.9. The van der Waals surface area contributed by atoms with E-state index in [4.69, 9.17) is 4.42 Å². The second kappa shape index (κ2) is 11.5. The highest BCUT2D eigenvalue weighted by Crippen LogP contribution is 2.48. The van der Waals surface area contributed by atoms with Gasteiger partial charge in [-0.25, -0.2) is 0 Å². The first-order chi connectivity index (χ1) is 28.2. The molecule has 0 bridgehead atoms. The zero-order valence-corrected chi connectivity index (χ0v) is 30.9. The predicted molar refractivity (Wildman–Crippen MR) is 243 cm³/mol. The minimum absolute atomic E-state index is 0.905. The topological polar surface area (TPSA) is 13.1 Å². The summed E-state index contributed by atoms with van der Waals surface area (Å²) in [6.45, 7) is 0. The van der Waals surface area contributed by atoms with Gasteiger partial charge < -0.3 is 4.42 Å². The molecule has 0 spiro atoms. The van der Waals surface area contributed by atoms with Crippen molar-refractivity contribution in [3.05, 3.63) is 194 Å². The number of fused-ring (bicyclic) bond motifs is 3. The van der Waals surface area contributed by atoms with Gasteiger partial charge in [-0.05, 0) is 122 Å². The van der Waals surface area contributed by atoms with Crippen LogP contribution in [0, 0.1) is 0 Å². The van der Waals surface area contributed by atoms with Crippen molar-refractivity contribution in [3.8, 4) is 44.5 Å². The quantitative estimate of drug-likeness (QED) is 0.165. The van der Waals surface area contributed by atoms with Crippen molar-refractivity contribution in [2.75, 3.05) is 0 Å². The molecule has 0 N–H and O–H groups in total. The molecule has 1 heteroatoms. The van der Waals surface area contributed by atoms with Crippen LogP contribution < -0.4 is 0 Å². The molecule has 57 heavy (non-hydrogen) atoms. The van der Waals surface area contributed by atoms with E-state index >= 15 is 0 Å². The fraction of sp³-hybridized carbons (Fsp3) is 0. The molecule has 0 saturated carbocycles. The van der Waals surface area contributed by atoms with Crippen LogP contribution in [0.2, 0.25) is 0 Å². The van der Waals surface area contributed by atoms with Gasteiger partial charge in [0.05, 0.1) is 0 Å². The lowest BCUT2D eigenvalue weighted by Crippen LogP contribution is -1.89. The summed E-state index contributed by atoms with van der Waals surface area (Å²) in [4.78, 5) is 0. The molecule has 1 heterocycles. The highest BCUT2D eigenvalue weighted by Gasteiger charge is 2.22. The third-order valence-electron chi connectivity index (χ3n) is 12.5. The average molecular weight is 721 g/mol. The van der Waals surface area contributed by atoms with E-state index in [1.807, 2.05) is 0 Å². The third kappa shape index (κ3) is 4.40. The monoisotopic (exact) mass is 720 g/mol. The van der Waals surface area contributed by atoms with E-state index in [0.29, 0.717) is 0 Å². The van der Waals surface area contributed by atoms with E-state index in [1.54, 1.807) is 0 Å². The molecule has 0 amide bonds. The van der Waals surface area contributed by atoms with Gasteiger partial charge >= 0.3 is 0 Å². The molecule has 12 aromatic carbocycles. The average Bonchev–Trinajstić information content (AvgIpc) is 3.66. The number of furan rings is 1. The van der Waals surface area contributed by atoms with Gasteiger partial charge in [0, 0.05) is 21.9 Å². The van der Waals surface area contributed by atoms with Crippen LogP contribution in [-0.2, 0) is 0 Å². The van der Waals surface area contributed by atoms with Crippen molar-refractivity contribution >= 4 is 86.6 Å². The molecule has 0 saturated heterocycles. The smallest absolute Gasteiger partial charge is 0.143 e. The fourth-order valence-corrected chi connectivity index (χ4v) is 9.93. The van der Waals surface area contributed by atoms with Gasteiger partial charge in [-0.3, -0.25) is 0 Å². The minimum atomic E-state index is 0.905. The van der Waals surface area contributed by atoms with Crippen molar-refractivity contribution in [1.29, 1.82) is 0 Å². The Morgan fingerprint density at radius 2 is 0.596 bits per heavy atom. The summed E-state index contributed by atoms with van der Waals surface area (Å²) < 4.78 is 7.17. The maximum atomic E-state index is 7.17. The van der Waals surface area contributed by atoms with Gasteiger partial charge in [-0.15, -0.1) is 0 Å². The molecule has 13 rings (SSSR count).